The molecular weight excluding hydrogens is 668 g/mol. The number of carboxylic acids is 2. The van der Waals surface area contributed by atoms with E-state index in [2.05, 4.69) is 9.80 Å². The summed E-state index contributed by atoms with van der Waals surface area (Å²) in [6.45, 7) is 2.87. The molecular formula is C36H35F6N3O5. The maximum atomic E-state index is 14.3. The van der Waals surface area contributed by atoms with E-state index in [9.17, 15) is 50.9 Å². The number of hydrogen-bond donors (Lipinski definition) is 2. The number of amides is 1. The molecule has 2 aliphatic heterocycles. The van der Waals surface area contributed by atoms with Crippen LogP contribution < -0.4 is 0 Å². The Morgan fingerprint density at radius 1 is 0.760 bits per heavy atom. The number of carbonyl (C=O) groups is 3. The van der Waals surface area contributed by atoms with Gasteiger partial charge in [0, 0.05) is 63.4 Å². The zero-order valence-corrected chi connectivity index (χ0v) is 26.8. The first-order chi connectivity index (χ1) is 23.6. The van der Waals surface area contributed by atoms with Gasteiger partial charge < -0.3 is 15.1 Å². The number of nitrogens with zero attached hydrogens (tertiary/aromatic N) is 3. The van der Waals surface area contributed by atoms with Crippen LogP contribution in [0.2, 0.25) is 0 Å². The number of carbonyl (C=O) groups excluding carboxylic acids is 1. The molecule has 0 aromatic heterocycles. The largest absolute Gasteiger partial charge is 0.478 e. The first-order valence-electron chi connectivity index (χ1n) is 15.9. The van der Waals surface area contributed by atoms with Crippen LogP contribution in [-0.4, -0.2) is 87.1 Å². The highest BCUT2D eigenvalue weighted by Gasteiger charge is 2.52. The molecule has 0 saturated carbocycles. The molecule has 3 aromatic rings. The third kappa shape index (κ3) is 8.36. The lowest BCUT2D eigenvalue weighted by atomic mass is 9.72. The Kier molecular flexibility index (Phi) is 10.7. The Bertz CT molecular complexity index is 1690. The lowest BCUT2D eigenvalue weighted by Gasteiger charge is -2.53. The van der Waals surface area contributed by atoms with E-state index in [4.69, 9.17) is 0 Å². The quantitative estimate of drug-likeness (QED) is 0.202. The molecule has 0 radical (unpaired) electrons. The maximum absolute atomic E-state index is 14.3. The summed E-state index contributed by atoms with van der Waals surface area (Å²) in [5.74, 6) is -4.60. The van der Waals surface area contributed by atoms with Gasteiger partial charge in [-0.2, -0.15) is 26.3 Å². The van der Waals surface area contributed by atoms with E-state index in [1.807, 2.05) is 30.3 Å². The molecule has 2 aliphatic rings. The predicted octanol–water partition coefficient (Wildman–Crippen LogP) is 6.22. The Morgan fingerprint density at radius 3 is 1.80 bits per heavy atom. The van der Waals surface area contributed by atoms with Crippen molar-refractivity contribution < 1.29 is 50.9 Å². The zero-order chi connectivity index (χ0) is 36.3. The Labute approximate surface area is 284 Å². The molecule has 3 aromatic carbocycles. The van der Waals surface area contributed by atoms with Gasteiger partial charge in [-0.05, 0) is 42.2 Å². The number of rotatable bonds is 9. The standard InChI is InChI=1S/C36H35F6N3O5/c37-35(38,39)27-17-26(18-28(19-27)36(40,41)42)32(48)45-12-11-29(44-15-13-43(14-16-44)23-25-9-5-2-6-10-25)22-34(45,21-24-7-3-1-4-8-24)30(33(49)50)20-31(46)47/h1-10,17-20,29H,11-16,21-23H2,(H,46,47)(H,49,50)/b30-20-/t29-,34-/m0/s1. The summed E-state index contributed by atoms with van der Waals surface area (Å²) in [5, 5.41) is 20.3. The number of aliphatic carboxylic acids is 2. The first kappa shape index (κ1) is 36.6. The van der Waals surface area contributed by atoms with Crippen LogP contribution in [0.1, 0.15) is 45.5 Å². The molecule has 5 rings (SSSR count). The van der Waals surface area contributed by atoms with E-state index in [1.54, 1.807) is 30.3 Å². The molecule has 0 unspecified atom stereocenters. The van der Waals surface area contributed by atoms with Gasteiger partial charge in [0.25, 0.3) is 5.91 Å². The lowest BCUT2D eigenvalue weighted by Crippen LogP contribution is -2.64. The highest BCUT2D eigenvalue weighted by atomic mass is 19.4. The van der Waals surface area contributed by atoms with Crippen LogP contribution in [-0.2, 0) is 34.9 Å². The minimum Gasteiger partial charge on any atom is -0.478 e. The predicted molar refractivity (Wildman–Crippen MR) is 170 cm³/mol. The zero-order valence-electron chi connectivity index (χ0n) is 26.8. The number of piperazine rings is 1. The van der Waals surface area contributed by atoms with Gasteiger partial charge >= 0.3 is 24.3 Å². The Balaban J connectivity index is 1.58. The minimum atomic E-state index is -5.23. The minimum absolute atomic E-state index is 0.0926. The highest BCUT2D eigenvalue weighted by molar-refractivity contribution is 6.00. The van der Waals surface area contributed by atoms with Gasteiger partial charge in [0.1, 0.15) is 0 Å². The van der Waals surface area contributed by atoms with Crippen LogP contribution in [0.5, 0.6) is 0 Å². The van der Waals surface area contributed by atoms with Gasteiger partial charge in [-0.25, -0.2) is 9.59 Å². The summed E-state index contributed by atoms with van der Waals surface area (Å²) in [7, 11) is 0. The van der Waals surface area contributed by atoms with E-state index in [-0.39, 0.29) is 31.9 Å². The van der Waals surface area contributed by atoms with Crippen molar-refractivity contribution in [2.45, 2.75) is 49.7 Å². The van der Waals surface area contributed by atoms with Crippen LogP contribution in [0.15, 0.2) is 90.5 Å². The summed E-state index contributed by atoms with van der Waals surface area (Å²) < 4.78 is 82.9. The normalized spacial score (nSPS) is 21.2. The van der Waals surface area contributed by atoms with Crippen molar-refractivity contribution >= 4 is 17.8 Å². The summed E-state index contributed by atoms with van der Waals surface area (Å²) >= 11 is 0. The first-order valence-corrected chi connectivity index (χ1v) is 15.9. The fourth-order valence-electron chi connectivity index (χ4n) is 7.03. The van der Waals surface area contributed by atoms with E-state index in [0.29, 0.717) is 56.5 Å². The summed E-state index contributed by atoms with van der Waals surface area (Å²) in [6, 6.07) is 18.2. The van der Waals surface area contributed by atoms with Gasteiger partial charge in [0.05, 0.1) is 22.2 Å². The average molecular weight is 704 g/mol. The van der Waals surface area contributed by atoms with Crippen LogP contribution >= 0.6 is 0 Å². The number of halogens is 6. The van der Waals surface area contributed by atoms with E-state index < -0.39 is 64.0 Å². The summed E-state index contributed by atoms with van der Waals surface area (Å²) in [5.41, 5.74) is -5.42. The van der Waals surface area contributed by atoms with Crippen LogP contribution in [0.4, 0.5) is 26.3 Å². The van der Waals surface area contributed by atoms with Crippen molar-refractivity contribution in [2.75, 3.05) is 32.7 Å². The second kappa shape index (κ2) is 14.7. The average Bonchev–Trinajstić information content (AvgIpc) is 3.07. The van der Waals surface area contributed by atoms with Crippen molar-refractivity contribution in [1.29, 1.82) is 0 Å². The van der Waals surface area contributed by atoms with E-state index >= 15 is 0 Å². The number of likely N-dealkylation sites (tertiary alicyclic amines) is 1. The number of benzene rings is 3. The summed E-state index contributed by atoms with van der Waals surface area (Å²) in [4.78, 5) is 44.6. The van der Waals surface area contributed by atoms with Gasteiger partial charge in [-0.3, -0.25) is 14.6 Å². The van der Waals surface area contributed by atoms with Crippen LogP contribution in [0, 0.1) is 0 Å². The fraction of sp³-hybridized carbons (Fsp3) is 0.361. The molecule has 8 nitrogen and oxygen atoms in total. The molecule has 0 bridgehead atoms. The van der Waals surface area contributed by atoms with Crippen molar-refractivity contribution in [3.8, 4) is 0 Å². The van der Waals surface area contributed by atoms with Crippen molar-refractivity contribution in [2.24, 2.45) is 0 Å². The number of alkyl halides is 6. The highest BCUT2D eigenvalue weighted by Crippen LogP contribution is 2.43. The SMILES string of the molecule is O=C(O)/C=C(/C(=O)O)[C@]1(Cc2ccccc2)C[C@@H](N2CCN(Cc3ccccc3)CC2)CCN1C(=O)c1cc(C(F)(F)F)cc(C(F)(F)F)c1. The molecule has 2 fully saturated rings. The molecule has 2 heterocycles. The maximum Gasteiger partial charge on any atom is 0.416 e. The van der Waals surface area contributed by atoms with E-state index in [0.717, 1.165) is 10.5 Å². The van der Waals surface area contributed by atoms with Crippen LogP contribution in [0.3, 0.4) is 0 Å². The molecule has 14 heteroatoms. The molecule has 2 atom stereocenters. The fourth-order valence-corrected chi connectivity index (χ4v) is 7.03. The van der Waals surface area contributed by atoms with Gasteiger partial charge in [0.2, 0.25) is 0 Å². The third-order valence-corrected chi connectivity index (χ3v) is 9.37. The Morgan fingerprint density at radius 2 is 1.30 bits per heavy atom. The molecule has 0 spiro atoms. The Hall–Kier alpha value is -4.69. The number of carboxylic acid groups (broad SMARTS) is 2. The monoisotopic (exact) mass is 703 g/mol. The topological polar surface area (TPSA) is 101 Å². The van der Waals surface area contributed by atoms with Gasteiger partial charge in [-0.15, -0.1) is 0 Å². The molecule has 50 heavy (non-hydrogen) atoms. The number of hydrogen-bond acceptors (Lipinski definition) is 5. The van der Waals surface area contributed by atoms with Gasteiger partial charge in [0.15, 0.2) is 0 Å². The number of piperidine rings is 1. The second-order valence-electron chi connectivity index (χ2n) is 12.6. The molecule has 2 N–H and O–H groups in total. The molecule has 266 valence electrons. The summed E-state index contributed by atoms with van der Waals surface area (Å²) in [6.07, 6.45) is -10.2. The van der Waals surface area contributed by atoms with Crippen LogP contribution in [0.25, 0.3) is 0 Å². The second-order valence-corrected chi connectivity index (χ2v) is 12.6. The third-order valence-electron chi connectivity index (χ3n) is 9.37. The molecule has 0 aliphatic carbocycles. The molecule has 1 amide bonds. The lowest BCUT2D eigenvalue weighted by molar-refractivity contribution is -0.143. The smallest absolute Gasteiger partial charge is 0.416 e. The van der Waals surface area contributed by atoms with Crippen molar-refractivity contribution in [3.63, 3.8) is 0 Å². The van der Waals surface area contributed by atoms with Crippen molar-refractivity contribution in [1.82, 2.24) is 14.7 Å². The van der Waals surface area contributed by atoms with Crippen molar-refractivity contribution in [3.05, 3.63) is 118 Å². The van der Waals surface area contributed by atoms with Gasteiger partial charge in [-0.1, -0.05) is 60.7 Å². The van der Waals surface area contributed by atoms with E-state index in [1.165, 1.54) is 0 Å². The molecule has 2 saturated heterocycles.